The molecule has 0 bridgehead atoms. The van der Waals surface area contributed by atoms with Gasteiger partial charge in [-0.05, 0) is 42.3 Å². The van der Waals surface area contributed by atoms with Gasteiger partial charge < -0.3 is 10.4 Å². The second-order valence-electron chi connectivity index (χ2n) is 5.54. The Hall–Kier alpha value is -3.28. The normalized spacial score (nSPS) is 10.6. The molecule has 25 heavy (non-hydrogen) atoms. The summed E-state index contributed by atoms with van der Waals surface area (Å²) in [5.74, 6) is -2.32. The van der Waals surface area contributed by atoms with Crippen LogP contribution in [-0.4, -0.2) is 28.5 Å². The lowest BCUT2D eigenvalue weighted by atomic mass is 10.1. The molecule has 1 heterocycles. The summed E-state index contributed by atoms with van der Waals surface area (Å²) < 4.78 is 13.6. The zero-order valence-corrected chi connectivity index (χ0v) is 13.2. The first-order valence-corrected chi connectivity index (χ1v) is 7.69. The first kappa shape index (κ1) is 16.6. The number of carboxylic acids is 1. The molecule has 126 valence electrons. The SMILES string of the molecule is O=C(NCCc1ccc(C(=O)O)c(F)c1)c1ccc2cccnc2c1. The fraction of sp³-hybridized carbons (Fsp3) is 0.105. The highest BCUT2D eigenvalue weighted by Gasteiger charge is 2.11. The average Bonchev–Trinajstić information content (AvgIpc) is 2.61. The lowest BCUT2D eigenvalue weighted by molar-refractivity contribution is 0.0691. The topological polar surface area (TPSA) is 79.3 Å². The van der Waals surface area contributed by atoms with Gasteiger partial charge in [-0.3, -0.25) is 9.78 Å². The van der Waals surface area contributed by atoms with E-state index in [-0.39, 0.29) is 11.5 Å². The van der Waals surface area contributed by atoms with E-state index in [0.29, 0.717) is 24.1 Å². The third-order valence-electron chi connectivity index (χ3n) is 3.83. The summed E-state index contributed by atoms with van der Waals surface area (Å²) in [6, 6.07) is 13.0. The fourth-order valence-electron chi connectivity index (χ4n) is 2.52. The molecule has 6 heteroatoms. The van der Waals surface area contributed by atoms with E-state index >= 15 is 0 Å². The number of aromatic nitrogens is 1. The van der Waals surface area contributed by atoms with Crippen LogP contribution in [0.15, 0.2) is 54.7 Å². The van der Waals surface area contributed by atoms with Gasteiger partial charge in [-0.1, -0.05) is 18.2 Å². The molecule has 1 amide bonds. The minimum Gasteiger partial charge on any atom is -0.478 e. The molecule has 2 aromatic carbocycles. The Kier molecular flexibility index (Phi) is 4.70. The minimum atomic E-state index is -1.30. The molecule has 0 radical (unpaired) electrons. The quantitative estimate of drug-likeness (QED) is 0.749. The van der Waals surface area contributed by atoms with Crippen molar-refractivity contribution < 1.29 is 19.1 Å². The van der Waals surface area contributed by atoms with E-state index in [1.165, 1.54) is 12.1 Å². The number of nitrogens with zero attached hydrogens (tertiary/aromatic N) is 1. The zero-order chi connectivity index (χ0) is 17.8. The Balaban J connectivity index is 1.62. The highest BCUT2D eigenvalue weighted by molar-refractivity contribution is 5.97. The number of carboxylic acid groups (broad SMARTS) is 1. The van der Waals surface area contributed by atoms with Gasteiger partial charge in [0.05, 0.1) is 11.1 Å². The maximum Gasteiger partial charge on any atom is 0.338 e. The van der Waals surface area contributed by atoms with E-state index in [1.807, 2.05) is 18.2 Å². The number of amides is 1. The van der Waals surface area contributed by atoms with Gasteiger partial charge in [0.2, 0.25) is 0 Å². The van der Waals surface area contributed by atoms with Gasteiger partial charge in [0.15, 0.2) is 0 Å². The monoisotopic (exact) mass is 338 g/mol. The van der Waals surface area contributed by atoms with Crippen LogP contribution < -0.4 is 5.32 Å². The van der Waals surface area contributed by atoms with Crippen molar-refractivity contribution in [1.82, 2.24) is 10.3 Å². The number of benzene rings is 2. The lowest BCUT2D eigenvalue weighted by Crippen LogP contribution is -2.25. The Morgan fingerprint density at radius 1 is 1.12 bits per heavy atom. The summed E-state index contributed by atoms with van der Waals surface area (Å²) in [6.45, 7) is 0.310. The number of halogens is 1. The number of rotatable bonds is 5. The van der Waals surface area contributed by atoms with Gasteiger partial charge in [0, 0.05) is 23.7 Å². The molecule has 0 saturated heterocycles. The predicted octanol–water partition coefficient (Wildman–Crippen LogP) is 3.04. The molecule has 0 fully saturated rings. The third-order valence-corrected chi connectivity index (χ3v) is 3.83. The first-order chi connectivity index (χ1) is 12.0. The number of nitrogens with one attached hydrogen (secondary N) is 1. The predicted molar refractivity (Wildman–Crippen MR) is 91.1 cm³/mol. The number of aromatic carboxylic acids is 1. The molecule has 0 aliphatic rings. The van der Waals surface area contributed by atoms with Crippen LogP contribution in [0.2, 0.25) is 0 Å². The van der Waals surface area contributed by atoms with Crippen molar-refractivity contribution in [3.05, 3.63) is 77.2 Å². The standard InChI is InChI=1S/C19H15FN2O3/c20-16-10-12(3-6-15(16)19(24)25)7-9-22-18(23)14-5-4-13-2-1-8-21-17(13)11-14/h1-6,8,10-11H,7,9H2,(H,22,23)(H,24,25). The Bertz CT molecular complexity index is 956. The molecule has 3 rings (SSSR count). The van der Waals surface area contributed by atoms with E-state index < -0.39 is 11.8 Å². The molecule has 0 unspecified atom stereocenters. The van der Waals surface area contributed by atoms with Crippen LogP contribution in [0.4, 0.5) is 4.39 Å². The third kappa shape index (κ3) is 3.80. The maximum atomic E-state index is 13.6. The summed E-state index contributed by atoms with van der Waals surface area (Å²) >= 11 is 0. The molecule has 5 nitrogen and oxygen atoms in total. The molecule has 0 aliphatic heterocycles. The van der Waals surface area contributed by atoms with Crippen molar-refractivity contribution in [2.24, 2.45) is 0 Å². The van der Waals surface area contributed by atoms with Gasteiger partial charge in [-0.25, -0.2) is 9.18 Å². The van der Waals surface area contributed by atoms with Gasteiger partial charge >= 0.3 is 5.97 Å². The first-order valence-electron chi connectivity index (χ1n) is 7.69. The molecule has 0 aliphatic carbocycles. The minimum absolute atomic E-state index is 0.241. The highest BCUT2D eigenvalue weighted by Crippen LogP contribution is 2.13. The summed E-state index contributed by atoms with van der Waals surface area (Å²) in [4.78, 5) is 27.2. The van der Waals surface area contributed by atoms with Crippen LogP contribution >= 0.6 is 0 Å². The molecule has 3 aromatic rings. The van der Waals surface area contributed by atoms with Crippen molar-refractivity contribution in [2.45, 2.75) is 6.42 Å². The zero-order valence-electron chi connectivity index (χ0n) is 13.2. The Morgan fingerprint density at radius 2 is 1.96 bits per heavy atom. The second kappa shape index (κ2) is 7.09. The van der Waals surface area contributed by atoms with Gasteiger partial charge in [-0.2, -0.15) is 0 Å². The van der Waals surface area contributed by atoms with Crippen LogP contribution in [-0.2, 0) is 6.42 Å². The molecular formula is C19H15FN2O3. The average molecular weight is 338 g/mol. The van der Waals surface area contributed by atoms with E-state index in [0.717, 1.165) is 10.9 Å². The Morgan fingerprint density at radius 3 is 2.72 bits per heavy atom. The number of carbonyl (C=O) groups is 2. The van der Waals surface area contributed by atoms with Crippen LogP contribution in [0.5, 0.6) is 0 Å². The lowest BCUT2D eigenvalue weighted by Gasteiger charge is -2.07. The van der Waals surface area contributed by atoms with Crippen LogP contribution in [0, 0.1) is 5.82 Å². The molecule has 1 aromatic heterocycles. The van der Waals surface area contributed by atoms with Gasteiger partial charge in [0.1, 0.15) is 5.82 Å². The number of fused-ring (bicyclic) bond motifs is 1. The van der Waals surface area contributed by atoms with E-state index in [1.54, 1.807) is 24.4 Å². The molecular weight excluding hydrogens is 323 g/mol. The molecule has 0 spiro atoms. The number of hydrogen-bond acceptors (Lipinski definition) is 3. The molecule has 0 atom stereocenters. The van der Waals surface area contributed by atoms with Crippen LogP contribution in [0.25, 0.3) is 10.9 Å². The number of pyridine rings is 1. The van der Waals surface area contributed by atoms with Crippen molar-refractivity contribution >= 4 is 22.8 Å². The van der Waals surface area contributed by atoms with E-state index in [9.17, 15) is 14.0 Å². The smallest absolute Gasteiger partial charge is 0.338 e. The second-order valence-corrected chi connectivity index (χ2v) is 5.54. The van der Waals surface area contributed by atoms with Crippen molar-refractivity contribution in [3.8, 4) is 0 Å². The van der Waals surface area contributed by atoms with Crippen molar-refractivity contribution in [1.29, 1.82) is 0 Å². The molecule has 0 saturated carbocycles. The van der Waals surface area contributed by atoms with Crippen molar-refractivity contribution in [2.75, 3.05) is 6.54 Å². The maximum absolute atomic E-state index is 13.6. The van der Waals surface area contributed by atoms with Crippen LogP contribution in [0.1, 0.15) is 26.3 Å². The van der Waals surface area contributed by atoms with Crippen LogP contribution in [0.3, 0.4) is 0 Å². The summed E-state index contributed by atoms with van der Waals surface area (Å²) in [7, 11) is 0. The fourth-order valence-corrected chi connectivity index (χ4v) is 2.52. The largest absolute Gasteiger partial charge is 0.478 e. The van der Waals surface area contributed by atoms with E-state index in [2.05, 4.69) is 10.3 Å². The van der Waals surface area contributed by atoms with Crippen molar-refractivity contribution in [3.63, 3.8) is 0 Å². The Labute approximate surface area is 143 Å². The summed E-state index contributed by atoms with van der Waals surface area (Å²) in [5, 5.41) is 12.5. The van der Waals surface area contributed by atoms with E-state index in [4.69, 9.17) is 5.11 Å². The number of hydrogen-bond donors (Lipinski definition) is 2. The van der Waals surface area contributed by atoms with Gasteiger partial charge in [0.25, 0.3) is 5.91 Å². The molecule has 2 N–H and O–H groups in total. The van der Waals surface area contributed by atoms with Gasteiger partial charge in [-0.15, -0.1) is 0 Å². The summed E-state index contributed by atoms with van der Waals surface area (Å²) in [5.41, 5.74) is 1.49. The number of carbonyl (C=O) groups excluding carboxylic acids is 1. The summed E-state index contributed by atoms with van der Waals surface area (Å²) in [6.07, 6.45) is 2.06. The highest BCUT2D eigenvalue weighted by atomic mass is 19.1.